The lowest BCUT2D eigenvalue weighted by atomic mass is 10.1. The summed E-state index contributed by atoms with van der Waals surface area (Å²) in [5.41, 5.74) is 0.708. The number of Topliss-reactive ketones (excluding diaryl/α,β-unsaturated/α-hetero) is 1. The van der Waals surface area contributed by atoms with Crippen molar-refractivity contribution in [3.63, 3.8) is 0 Å². The summed E-state index contributed by atoms with van der Waals surface area (Å²) < 4.78 is 12.8. The summed E-state index contributed by atoms with van der Waals surface area (Å²) in [5, 5.41) is -0.183. The second-order valence-electron chi connectivity index (χ2n) is 3.94. The van der Waals surface area contributed by atoms with Gasteiger partial charge >= 0.3 is 0 Å². The number of carbonyl (C=O) groups excluding carboxylic acids is 1. The highest BCUT2D eigenvalue weighted by Crippen LogP contribution is 2.25. The van der Waals surface area contributed by atoms with Crippen molar-refractivity contribution in [1.82, 2.24) is 0 Å². The van der Waals surface area contributed by atoms with E-state index in [0.29, 0.717) is 5.56 Å². The summed E-state index contributed by atoms with van der Waals surface area (Å²) in [7, 11) is 0. The van der Waals surface area contributed by atoms with E-state index >= 15 is 0 Å². The van der Waals surface area contributed by atoms with Crippen molar-refractivity contribution < 1.29 is 9.18 Å². The first-order chi connectivity index (χ1) is 8.66. The Morgan fingerprint density at radius 1 is 1.06 bits per heavy atom. The number of ketones is 1. The Morgan fingerprint density at radius 3 is 2.28 bits per heavy atom. The molecule has 0 aromatic heterocycles. The summed E-state index contributed by atoms with van der Waals surface area (Å²) in [6.07, 6.45) is 0. The number of halogens is 1. The molecule has 3 heteroatoms. The molecule has 2 aromatic carbocycles. The van der Waals surface area contributed by atoms with E-state index in [0.717, 1.165) is 4.90 Å². The number of hydrogen-bond donors (Lipinski definition) is 0. The van der Waals surface area contributed by atoms with Crippen LogP contribution in [0.15, 0.2) is 59.5 Å². The van der Waals surface area contributed by atoms with Gasteiger partial charge in [-0.25, -0.2) is 4.39 Å². The van der Waals surface area contributed by atoms with Crippen LogP contribution in [0.4, 0.5) is 4.39 Å². The zero-order chi connectivity index (χ0) is 13.0. The van der Waals surface area contributed by atoms with Gasteiger partial charge in [-0.05, 0) is 31.2 Å². The van der Waals surface area contributed by atoms with Gasteiger partial charge in [0, 0.05) is 10.5 Å². The lowest BCUT2D eigenvalue weighted by molar-refractivity contribution is 0.0994. The molecule has 0 amide bonds. The second-order valence-corrected chi connectivity index (χ2v) is 5.36. The number of benzene rings is 2. The Balaban J connectivity index is 2.06. The van der Waals surface area contributed by atoms with Gasteiger partial charge in [0.1, 0.15) is 5.82 Å². The van der Waals surface area contributed by atoms with Gasteiger partial charge in [-0.3, -0.25) is 4.79 Å². The molecular weight excluding hydrogens is 247 g/mol. The topological polar surface area (TPSA) is 17.1 Å². The smallest absolute Gasteiger partial charge is 0.175 e. The second kappa shape index (κ2) is 5.83. The third-order valence-electron chi connectivity index (χ3n) is 2.55. The number of hydrogen-bond acceptors (Lipinski definition) is 2. The molecule has 92 valence electrons. The molecule has 0 aliphatic carbocycles. The molecule has 2 aromatic rings. The van der Waals surface area contributed by atoms with Crippen LogP contribution in [0, 0.1) is 5.82 Å². The Bertz CT molecular complexity index is 522. The van der Waals surface area contributed by atoms with Crippen LogP contribution in [-0.2, 0) is 0 Å². The monoisotopic (exact) mass is 260 g/mol. The van der Waals surface area contributed by atoms with Crippen LogP contribution in [0.25, 0.3) is 0 Å². The molecule has 0 saturated heterocycles. The van der Waals surface area contributed by atoms with Gasteiger partial charge in [0.25, 0.3) is 0 Å². The number of carbonyl (C=O) groups is 1. The summed E-state index contributed by atoms with van der Waals surface area (Å²) in [6.45, 7) is 1.86. The van der Waals surface area contributed by atoms with Crippen LogP contribution in [0.1, 0.15) is 17.3 Å². The molecule has 0 saturated carbocycles. The SMILES string of the molecule is CC(Sc1ccc(F)cc1)C(=O)c1ccccc1. The third-order valence-corrected chi connectivity index (χ3v) is 3.67. The summed E-state index contributed by atoms with van der Waals surface area (Å²) in [6, 6.07) is 15.4. The number of thioether (sulfide) groups is 1. The first kappa shape index (κ1) is 12.8. The van der Waals surface area contributed by atoms with Gasteiger partial charge in [-0.2, -0.15) is 0 Å². The zero-order valence-electron chi connectivity index (χ0n) is 9.97. The fraction of sp³-hybridized carbons (Fsp3) is 0.133. The standard InChI is InChI=1S/C15H13FOS/c1-11(15(17)12-5-3-2-4-6-12)18-14-9-7-13(16)8-10-14/h2-11H,1H3. The van der Waals surface area contributed by atoms with Crippen LogP contribution in [0.3, 0.4) is 0 Å². The van der Waals surface area contributed by atoms with Gasteiger partial charge in [-0.15, -0.1) is 11.8 Å². The van der Waals surface area contributed by atoms with E-state index in [9.17, 15) is 9.18 Å². The average Bonchev–Trinajstić information content (AvgIpc) is 2.41. The highest BCUT2D eigenvalue weighted by Gasteiger charge is 2.15. The predicted octanol–water partition coefficient (Wildman–Crippen LogP) is 4.19. The van der Waals surface area contributed by atoms with E-state index in [1.165, 1.54) is 23.9 Å². The minimum atomic E-state index is -0.263. The van der Waals surface area contributed by atoms with Gasteiger partial charge in [0.15, 0.2) is 5.78 Å². The maximum Gasteiger partial charge on any atom is 0.175 e. The van der Waals surface area contributed by atoms with E-state index < -0.39 is 0 Å². The highest BCUT2D eigenvalue weighted by molar-refractivity contribution is 8.00. The van der Waals surface area contributed by atoms with Crippen LogP contribution in [-0.4, -0.2) is 11.0 Å². The molecule has 1 nitrogen and oxygen atoms in total. The molecule has 2 rings (SSSR count). The van der Waals surface area contributed by atoms with Crippen LogP contribution < -0.4 is 0 Å². The molecule has 0 radical (unpaired) electrons. The molecule has 1 unspecified atom stereocenters. The van der Waals surface area contributed by atoms with E-state index in [-0.39, 0.29) is 16.9 Å². The zero-order valence-corrected chi connectivity index (χ0v) is 10.8. The summed E-state index contributed by atoms with van der Waals surface area (Å²) in [4.78, 5) is 13.0. The molecule has 0 bridgehead atoms. The maximum absolute atomic E-state index is 12.8. The first-order valence-corrected chi connectivity index (χ1v) is 6.56. The minimum absolute atomic E-state index is 0.0879. The fourth-order valence-corrected chi connectivity index (χ4v) is 2.55. The van der Waals surface area contributed by atoms with Gasteiger partial charge in [0.05, 0.1) is 5.25 Å². The van der Waals surface area contributed by atoms with Gasteiger partial charge < -0.3 is 0 Å². The molecule has 0 aliphatic heterocycles. The molecule has 0 heterocycles. The lowest BCUT2D eigenvalue weighted by Crippen LogP contribution is -2.13. The quantitative estimate of drug-likeness (QED) is 0.605. The van der Waals surface area contributed by atoms with Crippen molar-refractivity contribution >= 4 is 17.5 Å². The molecular formula is C15H13FOS. The first-order valence-electron chi connectivity index (χ1n) is 5.68. The Morgan fingerprint density at radius 2 is 1.67 bits per heavy atom. The third kappa shape index (κ3) is 3.20. The number of rotatable bonds is 4. The van der Waals surface area contributed by atoms with Crippen molar-refractivity contribution in [2.24, 2.45) is 0 Å². The summed E-state index contributed by atoms with van der Waals surface area (Å²) in [5.74, 6) is -0.175. The van der Waals surface area contributed by atoms with Crippen molar-refractivity contribution in [2.45, 2.75) is 17.1 Å². The van der Waals surface area contributed by atoms with E-state index in [2.05, 4.69) is 0 Å². The Labute approximate surface area is 110 Å². The Kier molecular flexibility index (Phi) is 4.15. The molecule has 1 atom stereocenters. The minimum Gasteiger partial charge on any atom is -0.293 e. The molecule has 0 fully saturated rings. The van der Waals surface area contributed by atoms with Gasteiger partial charge in [0.2, 0.25) is 0 Å². The fourth-order valence-electron chi connectivity index (χ4n) is 1.61. The van der Waals surface area contributed by atoms with Crippen LogP contribution >= 0.6 is 11.8 Å². The summed E-state index contributed by atoms with van der Waals surface area (Å²) >= 11 is 1.44. The predicted molar refractivity (Wildman–Crippen MR) is 72.5 cm³/mol. The van der Waals surface area contributed by atoms with Crippen LogP contribution in [0.2, 0.25) is 0 Å². The largest absolute Gasteiger partial charge is 0.293 e. The lowest BCUT2D eigenvalue weighted by Gasteiger charge is -2.10. The normalized spacial score (nSPS) is 12.1. The maximum atomic E-state index is 12.8. The van der Waals surface area contributed by atoms with Crippen LogP contribution in [0.5, 0.6) is 0 Å². The van der Waals surface area contributed by atoms with E-state index in [1.54, 1.807) is 12.1 Å². The van der Waals surface area contributed by atoms with E-state index in [4.69, 9.17) is 0 Å². The molecule has 18 heavy (non-hydrogen) atoms. The van der Waals surface area contributed by atoms with Crippen molar-refractivity contribution in [2.75, 3.05) is 0 Å². The molecule has 0 aliphatic rings. The van der Waals surface area contributed by atoms with Crippen molar-refractivity contribution in [3.8, 4) is 0 Å². The van der Waals surface area contributed by atoms with Gasteiger partial charge in [-0.1, -0.05) is 30.3 Å². The molecule has 0 N–H and O–H groups in total. The Hall–Kier alpha value is -1.61. The van der Waals surface area contributed by atoms with Crippen molar-refractivity contribution in [1.29, 1.82) is 0 Å². The van der Waals surface area contributed by atoms with E-state index in [1.807, 2.05) is 37.3 Å². The highest BCUT2D eigenvalue weighted by atomic mass is 32.2. The molecule has 0 spiro atoms. The van der Waals surface area contributed by atoms with Crippen molar-refractivity contribution in [3.05, 3.63) is 66.0 Å². The average molecular weight is 260 g/mol.